The number of aromatic nitrogens is 3. The van der Waals surface area contributed by atoms with Crippen LogP contribution in [0.1, 0.15) is 37.8 Å². The van der Waals surface area contributed by atoms with Crippen molar-refractivity contribution in [2.75, 3.05) is 6.26 Å². The number of pyridine rings is 1. The number of sulfone groups is 1. The second-order valence-corrected chi connectivity index (χ2v) is 8.38. The quantitative estimate of drug-likeness (QED) is 0.820. The lowest BCUT2D eigenvalue weighted by Gasteiger charge is -2.28. The van der Waals surface area contributed by atoms with Crippen LogP contribution in [-0.2, 0) is 9.84 Å². The Kier molecular flexibility index (Phi) is 3.57. The van der Waals surface area contributed by atoms with Crippen LogP contribution in [0.2, 0.25) is 0 Å². The van der Waals surface area contributed by atoms with Crippen molar-refractivity contribution >= 4 is 20.9 Å². The smallest absolute Gasteiger partial charge is 0.255 e. The molecule has 2 aromatic heterocycles. The molecule has 0 bridgehead atoms. The van der Waals surface area contributed by atoms with Crippen LogP contribution >= 0.6 is 0 Å². The van der Waals surface area contributed by atoms with Crippen LogP contribution in [0.25, 0.3) is 11.0 Å². The molecule has 0 radical (unpaired) electrons. The van der Waals surface area contributed by atoms with Crippen molar-refractivity contribution in [1.82, 2.24) is 14.5 Å². The van der Waals surface area contributed by atoms with Crippen LogP contribution in [0.15, 0.2) is 22.2 Å². The number of rotatable bonds is 2. The highest BCUT2D eigenvalue weighted by atomic mass is 32.2. The standard InChI is InChI=1S/C15H19N3O4S/c1-9-7-10-8-16-14(23(3,21)22)17-12(10)18(13(9)19)11-5-4-6-15(11,2)20/h7-8,11,20H,4-6H2,1-3H3/t11-,15-/m1/s1. The van der Waals surface area contributed by atoms with E-state index < -0.39 is 21.5 Å². The van der Waals surface area contributed by atoms with Gasteiger partial charge < -0.3 is 5.11 Å². The molecule has 0 saturated heterocycles. The van der Waals surface area contributed by atoms with Gasteiger partial charge in [-0.1, -0.05) is 0 Å². The van der Waals surface area contributed by atoms with Crippen LogP contribution in [0.4, 0.5) is 0 Å². The minimum atomic E-state index is -3.59. The SMILES string of the molecule is Cc1cc2cnc(S(C)(=O)=O)nc2n([C@@H]2CCC[C@@]2(C)O)c1=O. The van der Waals surface area contributed by atoms with Gasteiger partial charge in [-0.05, 0) is 39.2 Å². The van der Waals surface area contributed by atoms with Crippen molar-refractivity contribution in [3.8, 4) is 0 Å². The molecule has 2 heterocycles. The number of aliphatic hydroxyl groups is 1. The van der Waals surface area contributed by atoms with E-state index in [0.717, 1.165) is 12.7 Å². The summed E-state index contributed by atoms with van der Waals surface area (Å²) in [5, 5.41) is 10.9. The Labute approximate surface area is 133 Å². The van der Waals surface area contributed by atoms with Crippen LogP contribution in [0, 0.1) is 6.92 Å². The highest BCUT2D eigenvalue weighted by Gasteiger charge is 2.39. The van der Waals surface area contributed by atoms with Crippen LogP contribution in [-0.4, -0.2) is 39.9 Å². The zero-order valence-electron chi connectivity index (χ0n) is 13.3. The topological polar surface area (TPSA) is 102 Å². The van der Waals surface area contributed by atoms with Gasteiger partial charge in [0.1, 0.15) is 5.65 Å². The first-order valence-corrected chi connectivity index (χ1v) is 9.32. The van der Waals surface area contributed by atoms with E-state index in [4.69, 9.17) is 0 Å². The molecule has 0 spiro atoms. The van der Waals surface area contributed by atoms with E-state index in [1.807, 2.05) is 0 Å². The minimum absolute atomic E-state index is 0.253. The van der Waals surface area contributed by atoms with Gasteiger partial charge in [0.15, 0.2) is 0 Å². The van der Waals surface area contributed by atoms with Gasteiger partial charge in [-0.2, -0.15) is 4.98 Å². The first-order chi connectivity index (χ1) is 10.6. The molecule has 8 heteroatoms. The Morgan fingerprint density at radius 3 is 2.70 bits per heavy atom. The molecule has 0 aliphatic heterocycles. The number of hydrogen-bond acceptors (Lipinski definition) is 6. The molecule has 2 aromatic rings. The Morgan fingerprint density at radius 1 is 1.43 bits per heavy atom. The molecule has 0 amide bonds. The number of fused-ring (bicyclic) bond motifs is 1. The summed E-state index contributed by atoms with van der Waals surface area (Å²) in [4.78, 5) is 20.6. The Balaban J connectivity index is 2.38. The minimum Gasteiger partial charge on any atom is -0.388 e. The summed E-state index contributed by atoms with van der Waals surface area (Å²) in [6.45, 7) is 3.39. The van der Waals surface area contributed by atoms with E-state index in [1.165, 1.54) is 10.8 Å². The number of hydrogen-bond donors (Lipinski definition) is 1. The maximum Gasteiger partial charge on any atom is 0.255 e. The van der Waals surface area contributed by atoms with Gasteiger partial charge in [-0.25, -0.2) is 13.4 Å². The van der Waals surface area contributed by atoms with Gasteiger partial charge in [-0.15, -0.1) is 0 Å². The predicted octanol–water partition coefficient (Wildman–Crippen LogP) is 0.979. The number of aryl methyl sites for hydroxylation is 1. The third-order valence-electron chi connectivity index (χ3n) is 4.45. The largest absolute Gasteiger partial charge is 0.388 e. The number of nitrogens with zero attached hydrogens (tertiary/aromatic N) is 3. The molecule has 0 unspecified atom stereocenters. The molecule has 7 nitrogen and oxygen atoms in total. The van der Waals surface area contributed by atoms with Crippen molar-refractivity contribution in [2.24, 2.45) is 0 Å². The van der Waals surface area contributed by atoms with E-state index in [9.17, 15) is 18.3 Å². The molecule has 23 heavy (non-hydrogen) atoms. The van der Waals surface area contributed by atoms with E-state index in [1.54, 1.807) is 19.9 Å². The third kappa shape index (κ3) is 2.66. The molecule has 1 aliphatic rings. The zero-order chi connectivity index (χ0) is 17.0. The van der Waals surface area contributed by atoms with E-state index in [0.29, 0.717) is 23.8 Å². The second kappa shape index (κ2) is 5.10. The van der Waals surface area contributed by atoms with Gasteiger partial charge in [0, 0.05) is 23.4 Å². The van der Waals surface area contributed by atoms with Crippen molar-refractivity contribution < 1.29 is 13.5 Å². The summed E-state index contributed by atoms with van der Waals surface area (Å²) in [6.07, 6.45) is 4.46. The Bertz CT molecular complexity index is 947. The summed E-state index contributed by atoms with van der Waals surface area (Å²) >= 11 is 0. The summed E-state index contributed by atoms with van der Waals surface area (Å²) in [5.41, 5.74) is -0.525. The lowest BCUT2D eigenvalue weighted by molar-refractivity contribution is 0.0266. The molecular formula is C15H19N3O4S. The highest BCUT2D eigenvalue weighted by Crippen LogP contribution is 2.39. The second-order valence-electron chi connectivity index (χ2n) is 6.47. The Hall–Kier alpha value is -1.80. The summed E-state index contributed by atoms with van der Waals surface area (Å²) < 4.78 is 24.9. The van der Waals surface area contributed by atoms with Crippen molar-refractivity contribution in [2.45, 2.75) is 49.9 Å². The van der Waals surface area contributed by atoms with E-state index >= 15 is 0 Å². The molecule has 2 atom stereocenters. The van der Waals surface area contributed by atoms with Crippen molar-refractivity contribution in [1.29, 1.82) is 0 Å². The third-order valence-corrected chi connectivity index (χ3v) is 5.31. The molecule has 3 rings (SSSR count). The average molecular weight is 337 g/mol. The van der Waals surface area contributed by atoms with Crippen LogP contribution in [0.5, 0.6) is 0 Å². The van der Waals surface area contributed by atoms with Gasteiger partial charge in [0.05, 0.1) is 11.6 Å². The molecule has 0 aromatic carbocycles. The molecular weight excluding hydrogens is 318 g/mol. The maximum atomic E-state index is 12.7. The molecule has 1 fully saturated rings. The first-order valence-electron chi connectivity index (χ1n) is 7.42. The normalized spacial score (nSPS) is 25.1. The monoisotopic (exact) mass is 337 g/mol. The van der Waals surface area contributed by atoms with Crippen molar-refractivity contribution in [3.05, 3.63) is 28.2 Å². The highest BCUT2D eigenvalue weighted by molar-refractivity contribution is 7.90. The average Bonchev–Trinajstić information content (AvgIpc) is 2.78. The fourth-order valence-corrected chi connectivity index (χ4v) is 3.74. The summed E-state index contributed by atoms with van der Waals surface area (Å²) in [6, 6.07) is 1.21. The van der Waals surface area contributed by atoms with Gasteiger partial charge in [0.2, 0.25) is 15.0 Å². The molecule has 124 valence electrons. The summed E-state index contributed by atoms with van der Waals surface area (Å²) in [5.74, 6) is 0. The lowest BCUT2D eigenvalue weighted by Crippen LogP contribution is -2.38. The van der Waals surface area contributed by atoms with Crippen molar-refractivity contribution in [3.63, 3.8) is 0 Å². The predicted molar refractivity (Wildman–Crippen MR) is 85.2 cm³/mol. The maximum absolute atomic E-state index is 12.7. The summed E-state index contributed by atoms with van der Waals surface area (Å²) in [7, 11) is -3.59. The Morgan fingerprint density at radius 2 is 2.13 bits per heavy atom. The van der Waals surface area contributed by atoms with Crippen LogP contribution in [0.3, 0.4) is 0 Å². The fraction of sp³-hybridized carbons (Fsp3) is 0.533. The fourth-order valence-electron chi connectivity index (χ4n) is 3.25. The van der Waals surface area contributed by atoms with E-state index in [-0.39, 0.29) is 16.4 Å². The van der Waals surface area contributed by atoms with E-state index in [2.05, 4.69) is 9.97 Å². The molecule has 1 N–H and O–H groups in total. The first kappa shape index (κ1) is 16.1. The zero-order valence-corrected chi connectivity index (χ0v) is 14.1. The lowest BCUT2D eigenvalue weighted by atomic mass is 9.99. The molecule has 1 saturated carbocycles. The van der Waals surface area contributed by atoms with Crippen LogP contribution < -0.4 is 5.56 Å². The van der Waals surface area contributed by atoms with Gasteiger partial charge in [-0.3, -0.25) is 9.36 Å². The molecule has 1 aliphatic carbocycles. The van der Waals surface area contributed by atoms with Gasteiger partial charge in [0.25, 0.3) is 5.56 Å². The van der Waals surface area contributed by atoms with Gasteiger partial charge >= 0.3 is 0 Å².